The fourth-order valence-electron chi connectivity index (χ4n) is 10.7. The molecule has 0 unspecified atom stereocenters. The molecule has 3 saturated heterocycles. The van der Waals surface area contributed by atoms with Gasteiger partial charge >= 0.3 is 0 Å². The highest BCUT2D eigenvalue weighted by Crippen LogP contribution is 2.35. The molecule has 0 atom stereocenters. The highest BCUT2D eigenvalue weighted by Gasteiger charge is 2.12. The Labute approximate surface area is 450 Å². The van der Waals surface area contributed by atoms with Crippen molar-refractivity contribution in [2.24, 2.45) is 21.1 Å². The van der Waals surface area contributed by atoms with Crippen LogP contribution >= 0.6 is 0 Å². The van der Waals surface area contributed by atoms with Gasteiger partial charge in [0.1, 0.15) is 0 Å². The maximum absolute atomic E-state index is 12.2. The Bertz CT molecular complexity index is 3450. The van der Waals surface area contributed by atoms with Crippen molar-refractivity contribution in [2.75, 3.05) is 73.6 Å². The maximum atomic E-state index is 12.2. The second-order valence-corrected chi connectivity index (χ2v) is 20.6. The highest BCUT2D eigenvalue weighted by molar-refractivity contribution is 6.11. The minimum absolute atomic E-state index is 0.115. The van der Waals surface area contributed by atoms with E-state index in [1.54, 1.807) is 0 Å². The van der Waals surface area contributed by atoms with Gasteiger partial charge in [-0.05, 0) is 156 Å². The van der Waals surface area contributed by atoms with Crippen molar-refractivity contribution in [3.63, 3.8) is 0 Å². The number of hydrogen-bond acceptors (Lipinski definition) is 5. The number of pyridine rings is 1. The van der Waals surface area contributed by atoms with Crippen molar-refractivity contribution in [2.45, 2.75) is 32.1 Å². The van der Waals surface area contributed by atoms with Gasteiger partial charge in [-0.15, -0.1) is 0 Å². The zero-order valence-electron chi connectivity index (χ0n) is 45.7. The molecular formula is C68H76N6O2. The maximum Gasteiger partial charge on any atom is 0.197 e. The number of para-hydroxylation sites is 4. The van der Waals surface area contributed by atoms with Gasteiger partial charge in [-0.2, -0.15) is 0 Å². The van der Waals surface area contributed by atoms with Gasteiger partial charge in [0, 0.05) is 88.6 Å². The number of benzene rings is 8. The number of hydrogen-bond donors (Lipinski definition) is 0. The SMILES string of the molecule is CN1CCCC1.CN1CCCCC1.CN1CCOCC1.Cn1c2ccc(-c3ccccc3)cc2c2cc(-c3ccccc3)ccc21.Cn1c2ccccc2c(=O)c2ccccc21.Cn1c2ccccc2c2ccccc21. The van der Waals surface area contributed by atoms with E-state index in [0.717, 1.165) is 48.1 Å². The van der Waals surface area contributed by atoms with Crippen LogP contribution in [-0.2, 0) is 25.9 Å². The molecule has 8 aromatic carbocycles. The summed E-state index contributed by atoms with van der Waals surface area (Å²) in [4.78, 5) is 19.2. The molecule has 3 aromatic heterocycles. The molecule has 0 spiro atoms. The second kappa shape index (κ2) is 25.9. The Kier molecular flexibility index (Phi) is 18.3. The first-order chi connectivity index (χ1) is 37.2. The van der Waals surface area contributed by atoms with E-state index in [9.17, 15) is 4.79 Å². The van der Waals surface area contributed by atoms with Crippen LogP contribution in [0.25, 0.3) is 87.7 Å². The molecule has 0 N–H and O–H groups in total. The molecule has 8 nitrogen and oxygen atoms in total. The number of likely N-dealkylation sites (tertiary alicyclic amines) is 2. The molecule has 0 bridgehead atoms. The van der Waals surface area contributed by atoms with Gasteiger partial charge in [-0.1, -0.05) is 140 Å². The zero-order valence-corrected chi connectivity index (χ0v) is 45.7. The van der Waals surface area contributed by atoms with Crippen molar-refractivity contribution in [3.05, 3.63) is 204 Å². The van der Waals surface area contributed by atoms with Crippen LogP contribution in [-0.4, -0.2) is 102 Å². The van der Waals surface area contributed by atoms with Crippen molar-refractivity contribution in [1.82, 2.24) is 28.4 Å². The van der Waals surface area contributed by atoms with Gasteiger partial charge in [0.25, 0.3) is 0 Å². The first kappa shape index (κ1) is 53.5. The number of aromatic nitrogens is 3. The number of ether oxygens (including phenoxy) is 1. The monoisotopic (exact) mass is 1010 g/mol. The molecule has 76 heavy (non-hydrogen) atoms. The lowest BCUT2D eigenvalue weighted by molar-refractivity contribution is 0.0503. The molecule has 6 heterocycles. The van der Waals surface area contributed by atoms with Crippen LogP contribution in [0.5, 0.6) is 0 Å². The summed E-state index contributed by atoms with van der Waals surface area (Å²) < 4.78 is 11.7. The third-order valence-electron chi connectivity index (χ3n) is 15.2. The number of nitrogens with zero attached hydrogens (tertiary/aromatic N) is 6. The average molecular weight is 1010 g/mol. The van der Waals surface area contributed by atoms with Crippen molar-refractivity contribution >= 4 is 65.4 Å². The van der Waals surface area contributed by atoms with E-state index in [1.807, 2.05) is 55.6 Å². The first-order valence-corrected chi connectivity index (χ1v) is 27.3. The predicted octanol–water partition coefficient (Wildman–Crippen LogP) is 14.5. The largest absolute Gasteiger partial charge is 0.379 e. The summed E-state index contributed by atoms with van der Waals surface area (Å²) in [6, 6.07) is 67.2. The van der Waals surface area contributed by atoms with Gasteiger partial charge in [-0.3, -0.25) is 4.79 Å². The Hall–Kier alpha value is -7.33. The van der Waals surface area contributed by atoms with Crippen LogP contribution in [0, 0.1) is 0 Å². The van der Waals surface area contributed by atoms with Gasteiger partial charge in [-0.25, -0.2) is 0 Å². The molecule has 0 radical (unpaired) electrons. The molecule has 390 valence electrons. The van der Waals surface area contributed by atoms with Crippen LogP contribution in [0.15, 0.2) is 199 Å². The van der Waals surface area contributed by atoms with Gasteiger partial charge in [0.05, 0.1) is 24.2 Å². The number of likely N-dealkylation sites (N-methyl/N-ethyl adjacent to an activating group) is 1. The highest BCUT2D eigenvalue weighted by atomic mass is 16.5. The van der Waals surface area contributed by atoms with Crippen LogP contribution in [0.1, 0.15) is 32.1 Å². The first-order valence-electron chi connectivity index (χ1n) is 27.3. The van der Waals surface area contributed by atoms with E-state index in [1.165, 1.54) is 124 Å². The minimum Gasteiger partial charge on any atom is -0.379 e. The number of rotatable bonds is 2. The molecule has 0 aliphatic carbocycles. The Morgan fingerprint density at radius 1 is 0.289 bits per heavy atom. The average Bonchev–Trinajstić information content (AvgIpc) is 4.17. The number of morpholine rings is 1. The molecule has 3 aliphatic heterocycles. The van der Waals surface area contributed by atoms with Crippen LogP contribution in [0.2, 0.25) is 0 Å². The molecule has 0 saturated carbocycles. The van der Waals surface area contributed by atoms with E-state index in [2.05, 4.69) is 209 Å². The third-order valence-corrected chi connectivity index (χ3v) is 15.2. The molecule has 8 heteroatoms. The van der Waals surface area contributed by atoms with E-state index >= 15 is 0 Å². The quantitative estimate of drug-likeness (QED) is 0.162. The summed E-state index contributed by atoms with van der Waals surface area (Å²) >= 11 is 0. The van der Waals surface area contributed by atoms with E-state index in [4.69, 9.17) is 4.74 Å². The standard InChI is InChI=1S/C25H19N.C14H11NO.C13H11N.C6H13N.C5H11NO.C5H11N/c1-26-24-14-12-20(18-8-4-2-5-9-18)16-22(24)23-17-21(13-15-25(23)26)19-10-6-3-7-11-19;1-15-12-8-4-2-6-10(12)14(16)11-7-3-5-9-13(11)15;1-14-12-8-4-2-6-10(12)11-7-3-5-9-13(11)14;1-7-5-3-2-4-6-7;1-6-2-4-7-5-3-6;1-6-4-2-3-5-6/h2-17H,1H3;2-9H,1H3;2-9H,1H3;2-6H2,1H3;2-5H2,1H3;2-5H2,1H3. The summed E-state index contributed by atoms with van der Waals surface area (Å²) in [7, 11) is 12.7. The van der Waals surface area contributed by atoms with Crippen molar-refractivity contribution in [3.8, 4) is 22.3 Å². The Morgan fingerprint density at radius 3 is 0.921 bits per heavy atom. The Balaban J connectivity index is 0.000000122. The lowest BCUT2D eigenvalue weighted by Crippen LogP contribution is -2.32. The van der Waals surface area contributed by atoms with Crippen LogP contribution in [0.4, 0.5) is 0 Å². The molecule has 3 aliphatic rings. The number of aryl methyl sites for hydroxylation is 3. The van der Waals surface area contributed by atoms with Crippen LogP contribution < -0.4 is 5.43 Å². The van der Waals surface area contributed by atoms with Crippen LogP contribution in [0.3, 0.4) is 0 Å². The molecule has 14 rings (SSSR count). The lowest BCUT2D eigenvalue weighted by atomic mass is 10.0. The molecule has 11 aromatic rings. The Morgan fingerprint density at radius 2 is 0.592 bits per heavy atom. The minimum atomic E-state index is 0.115. The third kappa shape index (κ3) is 12.8. The predicted molar refractivity (Wildman–Crippen MR) is 325 cm³/mol. The normalized spacial score (nSPS) is 14.9. The second-order valence-electron chi connectivity index (χ2n) is 20.6. The fourth-order valence-corrected chi connectivity index (χ4v) is 10.7. The lowest BCUT2D eigenvalue weighted by Gasteiger charge is -2.21. The van der Waals surface area contributed by atoms with Crippen molar-refractivity contribution < 1.29 is 4.74 Å². The summed E-state index contributed by atoms with van der Waals surface area (Å²) in [5.74, 6) is 0. The van der Waals surface area contributed by atoms with Crippen molar-refractivity contribution in [1.29, 1.82) is 0 Å². The number of piperidine rings is 1. The summed E-state index contributed by atoms with van der Waals surface area (Å²) in [5.41, 5.74) is 12.2. The molecule has 3 fully saturated rings. The number of fused-ring (bicyclic) bond motifs is 8. The summed E-state index contributed by atoms with van der Waals surface area (Å²) in [6.07, 6.45) is 7.10. The smallest absolute Gasteiger partial charge is 0.197 e. The van der Waals surface area contributed by atoms with Gasteiger partial charge in [0.15, 0.2) is 5.43 Å². The van der Waals surface area contributed by atoms with Gasteiger partial charge < -0.3 is 33.1 Å². The van der Waals surface area contributed by atoms with E-state index < -0.39 is 0 Å². The summed E-state index contributed by atoms with van der Waals surface area (Å²) in [5, 5.41) is 6.85. The van der Waals surface area contributed by atoms with Gasteiger partial charge in [0.2, 0.25) is 0 Å². The zero-order chi connectivity index (χ0) is 52.8. The topological polar surface area (TPSA) is 50.8 Å². The molecular weight excluding hydrogens is 933 g/mol. The fraction of sp³-hybridized carbons (Fsp3) is 0.279. The molecule has 0 amide bonds. The van der Waals surface area contributed by atoms with E-state index in [-0.39, 0.29) is 5.43 Å². The summed E-state index contributed by atoms with van der Waals surface area (Å²) in [6.45, 7) is 9.30. The van der Waals surface area contributed by atoms with E-state index in [0.29, 0.717) is 0 Å².